The fourth-order valence-corrected chi connectivity index (χ4v) is 4.06. The number of aromatic nitrogens is 2. The third-order valence-electron chi connectivity index (χ3n) is 5.54. The van der Waals surface area contributed by atoms with Crippen molar-refractivity contribution in [3.63, 3.8) is 0 Å². The highest BCUT2D eigenvalue weighted by atomic mass is 35.5. The van der Waals surface area contributed by atoms with Crippen molar-refractivity contribution in [2.45, 2.75) is 38.6 Å². The monoisotopic (exact) mass is 396 g/mol. The van der Waals surface area contributed by atoms with Crippen LogP contribution >= 0.6 is 11.6 Å². The lowest BCUT2D eigenvalue weighted by Gasteiger charge is -2.35. The molecule has 2 heterocycles. The molecule has 0 bridgehead atoms. The number of rotatable bonds is 4. The fourth-order valence-electron chi connectivity index (χ4n) is 3.94. The molecule has 1 saturated heterocycles. The highest BCUT2D eigenvalue weighted by molar-refractivity contribution is 6.30. The van der Waals surface area contributed by atoms with Crippen LogP contribution < -0.4 is 5.32 Å². The molecule has 4 rings (SSSR count). The summed E-state index contributed by atoms with van der Waals surface area (Å²) in [5.41, 5.74) is 2.65. The van der Waals surface area contributed by atoms with Gasteiger partial charge in [0, 0.05) is 33.9 Å². The highest BCUT2D eigenvalue weighted by Gasteiger charge is 2.26. The minimum Gasteiger partial charge on any atom is -0.508 e. The Bertz CT molecular complexity index is 966. The maximum Gasteiger partial charge on any atom is 0.227 e. The smallest absolute Gasteiger partial charge is 0.227 e. The molecule has 146 valence electrons. The minimum absolute atomic E-state index is 0.303. The molecule has 1 aromatic heterocycles. The Balaban J connectivity index is 1.66. The molecule has 1 aliphatic heterocycles. The van der Waals surface area contributed by atoms with Crippen LogP contribution in [0, 0.1) is 0 Å². The van der Waals surface area contributed by atoms with Gasteiger partial charge in [-0.05, 0) is 82.1 Å². The molecule has 0 aliphatic carbocycles. The average molecular weight is 397 g/mol. The first-order valence-electron chi connectivity index (χ1n) is 9.76. The molecular weight excluding hydrogens is 372 g/mol. The van der Waals surface area contributed by atoms with Gasteiger partial charge in [-0.25, -0.2) is 9.97 Å². The van der Waals surface area contributed by atoms with E-state index in [0.29, 0.717) is 28.7 Å². The Labute approximate surface area is 170 Å². The number of benzene rings is 2. The number of fused-ring (bicyclic) bond motifs is 1. The summed E-state index contributed by atoms with van der Waals surface area (Å²) in [7, 11) is 0. The van der Waals surface area contributed by atoms with E-state index < -0.39 is 0 Å². The van der Waals surface area contributed by atoms with E-state index in [0.717, 1.165) is 48.1 Å². The maximum atomic E-state index is 10.6. The Morgan fingerprint density at radius 1 is 1.11 bits per heavy atom. The summed E-state index contributed by atoms with van der Waals surface area (Å²) in [6.07, 6.45) is 3.86. The molecule has 0 radical (unpaired) electrons. The molecular formula is C22H25ClN4O. The molecule has 3 aromatic rings. The van der Waals surface area contributed by atoms with Crippen LogP contribution in [-0.4, -0.2) is 39.1 Å². The molecule has 1 aliphatic rings. The van der Waals surface area contributed by atoms with Crippen LogP contribution in [0.4, 0.5) is 11.6 Å². The third kappa shape index (κ3) is 3.91. The molecule has 0 saturated carbocycles. The molecule has 2 aromatic carbocycles. The highest BCUT2D eigenvalue weighted by Crippen LogP contribution is 2.38. The first kappa shape index (κ1) is 19.0. The Hall–Kier alpha value is -2.37. The van der Waals surface area contributed by atoms with E-state index in [1.807, 2.05) is 36.5 Å². The number of phenolic OH excluding ortho intramolecular Hbond substituents is 1. The van der Waals surface area contributed by atoms with Gasteiger partial charge in [0.05, 0.1) is 5.52 Å². The van der Waals surface area contributed by atoms with E-state index in [1.54, 1.807) is 6.07 Å². The standard InChI is InChI=1S/C22H25ClN4O/c1-14(2)27-11-9-15(10-12-27)20-19(28)8-3-16-13-24-22(26-21(16)20)25-18-6-4-17(23)5-7-18/h3-8,13-15,28H,9-12H2,1-2H3,(H,24,25,26). The summed E-state index contributed by atoms with van der Waals surface area (Å²) < 4.78 is 0. The van der Waals surface area contributed by atoms with Gasteiger partial charge in [-0.3, -0.25) is 0 Å². The number of hydrogen-bond donors (Lipinski definition) is 2. The van der Waals surface area contributed by atoms with Crippen molar-refractivity contribution in [2.24, 2.45) is 0 Å². The number of aromatic hydroxyl groups is 1. The summed E-state index contributed by atoms with van der Waals surface area (Å²) in [5.74, 6) is 1.14. The summed E-state index contributed by atoms with van der Waals surface area (Å²) >= 11 is 5.96. The van der Waals surface area contributed by atoms with E-state index in [1.165, 1.54) is 0 Å². The van der Waals surface area contributed by atoms with Crippen LogP contribution in [-0.2, 0) is 0 Å². The quantitative estimate of drug-likeness (QED) is 0.624. The van der Waals surface area contributed by atoms with Crippen molar-refractivity contribution in [1.82, 2.24) is 14.9 Å². The molecule has 2 N–H and O–H groups in total. The van der Waals surface area contributed by atoms with E-state index >= 15 is 0 Å². The van der Waals surface area contributed by atoms with Gasteiger partial charge in [0.2, 0.25) is 5.95 Å². The molecule has 1 fully saturated rings. The first-order valence-corrected chi connectivity index (χ1v) is 10.1. The molecule has 6 heteroatoms. The Morgan fingerprint density at radius 3 is 2.50 bits per heavy atom. The number of nitrogens with one attached hydrogen (secondary N) is 1. The number of halogens is 1. The zero-order chi connectivity index (χ0) is 19.7. The predicted molar refractivity (Wildman–Crippen MR) is 115 cm³/mol. The third-order valence-corrected chi connectivity index (χ3v) is 5.79. The van der Waals surface area contributed by atoms with E-state index in [-0.39, 0.29) is 0 Å². The molecule has 0 amide bonds. The molecule has 5 nitrogen and oxygen atoms in total. The van der Waals surface area contributed by atoms with Crippen molar-refractivity contribution in [1.29, 1.82) is 0 Å². The minimum atomic E-state index is 0.303. The normalized spacial score (nSPS) is 16.0. The van der Waals surface area contributed by atoms with Gasteiger partial charge in [0.15, 0.2) is 0 Å². The van der Waals surface area contributed by atoms with Crippen molar-refractivity contribution >= 4 is 34.1 Å². The summed E-state index contributed by atoms with van der Waals surface area (Å²) in [6.45, 7) is 6.55. The number of nitrogens with zero attached hydrogens (tertiary/aromatic N) is 3. The van der Waals surface area contributed by atoms with Gasteiger partial charge in [-0.15, -0.1) is 0 Å². The SMILES string of the molecule is CC(C)N1CCC(c2c(O)ccc3cnc(Nc4ccc(Cl)cc4)nc23)CC1. The lowest BCUT2D eigenvalue weighted by Crippen LogP contribution is -2.37. The number of piperidine rings is 1. The van der Waals surface area contributed by atoms with Gasteiger partial charge >= 0.3 is 0 Å². The largest absolute Gasteiger partial charge is 0.508 e. The molecule has 0 spiro atoms. The van der Waals surface area contributed by atoms with Gasteiger partial charge in [-0.1, -0.05) is 11.6 Å². The van der Waals surface area contributed by atoms with Gasteiger partial charge in [-0.2, -0.15) is 0 Å². The van der Waals surface area contributed by atoms with E-state index in [9.17, 15) is 5.11 Å². The fraction of sp³-hybridized carbons (Fsp3) is 0.364. The van der Waals surface area contributed by atoms with Crippen molar-refractivity contribution in [3.05, 3.63) is 53.2 Å². The number of phenols is 1. The van der Waals surface area contributed by atoms with Gasteiger partial charge < -0.3 is 15.3 Å². The Morgan fingerprint density at radius 2 is 1.82 bits per heavy atom. The maximum absolute atomic E-state index is 10.6. The lowest BCUT2D eigenvalue weighted by molar-refractivity contribution is 0.171. The van der Waals surface area contributed by atoms with Crippen LogP contribution in [0.5, 0.6) is 5.75 Å². The topological polar surface area (TPSA) is 61.3 Å². The second-order valence-electron chi connectivity index (χ2n) is 7.67. The van der Waals surface area contributed by atoms with Crippen molar-refractivity contribution < 1.29 is 5.11 Å². The summed E-state index contributed by atoms with van der Waals surface area (Å²) in [6, 6.07) is 11.6. The van der Waals surface area contributed by atoms with Crippen LogP contribution in [0.25, 0.3) is 10.9 Å². The van der Waals surface area contributed by atoms with E-state index in [2.05, 4.69) is 29.0 Å². The van der Waals surface area contributed by atoms with Crippen LogP contribution in [0.15, 0.2) is 42.6 Å². The lowest BCUT2D eigenvalue weighted by atomic mass is 9.87. The van der Waals surface area contributed by atoms with Crippen molar-refractivity contribution in [2.75, 3.05) is 18.4 Å². The number of anilines is 2. The second kappa shape index (κ2) is 7.94. The number of hydrogen-bond acceptors (Lipinski definition) is 5. The molecule has 0 unspecified atom stereocenters. The van der Waals surface area contributed by atoms with Crippen LogP contribution in [0.3, 0.4) is 0 Å². The van der Waals surface area contributed by atoms with Crippen LogP contribution in [0.2, 0.25) is 5.02 Å². The van der Waals surface area contributed by atoms with E-state index in [4.69, 9.17) is 16.6 Å². The Kier molecular flexibility index (Phi) is 5.38. The summed E-state index contributed by atoms with van der Waals surface area (Å²) in [4.78, 5) is 11.7. The zero-order valence-corrected chi connectivity index (χ0v) is 16.9. The zero-order valence-electron chi connectivity index (χ0n) is 16.2. The van der Waals surface area contributed by atoms with Crippen molar-refractivity contribution in [3.8, 4) is 5.75 Å². The van der Waals surface area contributed by atoms with Crippen LogP contribution in [0.1, 0.15) is 38.2 Å². The molecule has 28 heavy (non-hydrogen) atoms. The second-order valence-corrected chi connectivity index (χ2v) is 8.10. The molecule has 0 atom stereocenters. The first-order chi connectivity index (χ1) is 13.5. The summed E-state index contributed by atoms with van der Waals surface area (Å²) in [5, 5.41) is 15.5. The predicted octanol–water partition coefficient (Wildman–Crippen LogP) is 5.32. The van der Waals surface area contributed by atoms with Gasteiger partial charge in [0.25, 0.3) is 0 Å². The average Bonchev–Trinajstić information content (AvgIpc) is 2.70. The van der Waals surface area contributed by atoms with Gasteiger partial charge in [0.1, 0.15) is 5.75 Å². The number of likely N-dealkylation sites (tertiary alicyclic amines) is 1.